The standard InChI is InChI=1S/C14H23N3O3S/c1-10(2)17-21(19,20)12-7-5-11(6-8-12)16-9-14(3,4)13(15)18/h5-8,10,16-17H,9H2,1-4H3,(H2,15,18). The third-order valence-corrected chi connectivity index (χ3v) is 4.63. The molecule has 6 nitrogen and oxygen atoms in total. The van der Waals surface area contributed by atoms with Crippen LogP contribution in [0.3, 0.4) is 0 Å². The second kappa shape index (κ2) is 6.44. The molecule has 0 fully saturated rings. The highest BCUT2D eigenvalue weighted by Crippen LogP contribution is 2.18. The third-order valence-electron chi connectivity index (χ3n) is 2.96. The molecule has 0 spiro atoms. The van der Waals surface area contributed by atoms with Crippen molar-refractivity contribution in [1.29, 1.82) is 0 Å². The number of hydrogen-bond acceptors (Lipinski definition) is 4. The molecule has 0 radical (unpaired) electrons. The van der Waals surface area contributed by atoms with Crippen LogP contribution < -0.4 is 15.8 Å². The van der Waals surface area contributed by atoms with E-state index in [2.05, 4.69) is 10.0 Å². The fourth-order valence-corrected chi connectivity index (χ4v) is 2.79. The zero-order valence-electron chi connectivity index (χ0n) is 12.8. The Morgan fingerprint density at radius 1 is 1.24 bits per heavy atom. The minimum absolute atomic E-state index is 0.163. The van der Waals surface area contributed by atoms with Crippen molar-refractivity contribution in [1.82, 2.24) is 4.72 Å². The van der Waals surface area contributed by atoms with Crippen LogP contribution in [0.2, 0.25) is 0 Å². The zero-order valence-corrected chi connectivity index (χ0v) is 13.6. The summed E-state index contributed by atoms with van der Waals surface area (Å²) in [5, 5.41) is 3.07. The van der Waals surface area contributed by atoms with Crippen LogP contribution in [0.25, 0.3) is 0 Å². The second-order valence-electron chi connectivity index (χ2n) is 5.90. The van der Waals surface area contributed by atoms with Crippen molar-refractivity contribution in [2.45, 2.75) is 38.6 Å². The summed E-state index contributed by atoms with van der Waals surface area (Å²) in [6, 6.07) is 6.19. The van der Waals surface area contributed by atoms with Crippen LogP contribution in [0, 0.1) is 5.41 Å². The zero-order chi connectivity index (χ0) is 16.3. The van der Waals surface area contributed by atoms with Crippen molar-refractivity contribution in [2.24, 2.45) is 11.1 Å². The Morgan fingerprint density at radius 3 is 2.19 bits per heavy atom. The number of nitrogens with one attached hydrogen (secondary N) is 2. The number of rotatable bonds is 7. The number of carbonyl (C=O) groups is 1. The molecule has 1 aromatic rings. The van der Waals surface area contributed by atoms with E-state index >= 15 is 0 Å². The molecule has 1 rings (SSSR count). The molecule has 21 heavy (non-hydrogen) atoms. The fourth-order valence-electron chi connectivity index (χ4n) is 1.54. The lowest BCUT2D eigenvalue weighted by molar-refractivity contribution is -0.125. The number of primary amides is 1. The van der Waals surface area contributed by atoms with Gasteiger partial charge in [-0.25, -0.2) is 13.1 Å². The van der Waals surface area contributed by atoms with E-state index in [9.17, 15) is 13.2 Å². The molecular weight excluding hydrogens is 290 g/mol. The Labute approximate surface area is 126 Å². The average molecular weight is 313 g/mol. The van der Waals surface area contributed by atoms with Gasteiger partial charge in [-0.2, -0.15) is 0 Å². The number of amides is 1. The first kappa shape index (κ1) is 17.5. The molecule has 0 saturated carbocycles. The highest BCUT2D eigenvalue weighted by Gasteiger charge is 2.24. The average Bonchev–Trinajstić information content (AvgIpc) is 2.35. The van der Waals surface area contributed by atoms with Crippen LogP contribution >= 0.6 is 0 Å². The topological polar surface area (TPSA) is 101 Å². The number of sulfonamides is 1. The molecular formula is C14H23N3O3S. The Morgan fingerprint density at radius 2 is 1.76 bits per heavy atom. The van der Waals surface area contributed by atoms with Gasteiger partial charge in [0.05, 0.1) is 10.3 Å². The van der Waals surface area contributed by atoms with Gasteiger partial charge in [0.25, 0.3) is 0 Å². The van der Waals surface area contributed by atoms with E-state index in [-0.39, 0.29) is 10.9 Å². The van der Waals surface area contributed by atoms with Crippen LogP contribution in [0.15, 0.2) is 29.2 Å². The molecule has 0 aliphatic carbocycles. The van der Waals surface area contributed by atoms with E-state index in [1.165, 1.54) is 12.1 Å². The van der Waals surface area contributed by atoms with Crippen LogP contribution in [-0.2, 0) is 14.8 Å². The molecule has 0 bridgehead atoms. The Bertz CT molecular complexity index is 592. The summed E-state index contributed by atoms with van der Waals surface area (Å²) in [6.07, 6.45) is 0. The summed E-state index contributed by atoms with van der Waals surface area (Å²) in [4.78, 5) is 11.4. The third kappa shape index (κ3) is 5.02. The van der Waals surface area contributed by atoms with Gasteiger partial charge in [-0.1, -0.05) is 0 Å². The van der Waals surface area contributed by atoms with Gasteiger partial charge in [-0.15, -0.1) is 0 Å². The van der Waals surface area contributed by atoms with Crippen molar-refractivity contribution in [3.63, 3.8) is 0 Å². The van der Waals surface area contributed by atoms with Crippen molar-refractivity contribution >= 4 is 21.6 Å². The maximum absolute atomic E-state index is 12.0. The summed E-state index contributed by atoms with van der Waals surface area (Å²) in [5.74, 6) is -0.393. The van der Waals surface area contributed by atoms with E-state index in [0.29, 0.717) is 6.54 Å². The molecule has 0 aliphatic heterocycles. The largest absolute Gasteiger partial charge is 0.384 e. The summed E-state index contributed by atoms with van der Waals surface area (Å²) in [5.41, 5.74) is 5.35. The van der Waals surface area contributed by atoms with E-state index in [1.54, 1.807) is 39.8 Å². The van der Waals surface area contributed by atoms with Crippen molar-refractivity contribution in [3.8, 4) is 0 Å². The van der Waals surface area contributed by atoms with E-state index in [1.807, 2.05) is 0 Å². The smallest absolute Gasteiger partial charge is 0.240 e. The summed E-state index contributed by atoms with van der Waals surface area (Å²) in [7, 11) is -3.48. The molecule has 0 atom stereocenters. The molecule has 0 unspecified atom stereocenters. The Kier molecular flexibility index (Phi) is 5.36. The van der Waals surface area contributed by atoms with E-state index < -0.39 is 21.3 Å². The lowest BCUT2D eigenvalue weighted by Gasteiger charge is -2.21. The van der Waals surface area contributed by atoms with Crippen molar-refractivity contribution < 1.29 is 13.2 Å². The first-order chi connectivity index (χ1) is 9.54. The lowest BCUT2D eigenvalue weighted by Crippen LogP contribution is -2.37. The van der Waals surface area contributed by atoms with Crippen molar-refractivity contribution in [2.75, 3.05) is 11.9 Å². The van der Waals surface area contributed by atoms with Gasteiger partial charge in [0.15, 0.2) is 0 Å². The van der Waals surface area contributed by atoms with Gasteiger partial charge >= 0.3 is 0 Å². The van der Waals surface area contributed by atoms with Gasteiger partial charge in [0, 0.05) is 18.3 Å². The first-order valence-electron chi connectivity index (χ1n) is 6.71. The van der Waals surface area contributed by atoms with Crippen LogP contribution in [-0.4, -0.2) is 26.9 Å². The van der Waals surface area contributed by atoms with Gasteiger partial charge in [0.1, 0.15) is 0 Å². The fraction of sp³-hybridized carbons (Fsp3) is 0.500. The normalized spacial score (nSPS) is 12.4. The number of benzene rings is 1. The predicted octanol–water partition coefficient (Wildman–Crippen LogP) is 1.30. The highest BCUT2D eigenvalue weighted by atomic mass is 32.2. The van der Waals surface area contributed by atoms with Gasteiger partial charge in [-0.05, 0) is 52.0 Å². The van der Waals surface area contributed by atoms with Crippen LogP contribution in [0.5, 0.6) is 0 Å². The molecule has 0 aromatic heterocycles. The molecule has 7 heteroatoms. The minimum Gasteiger partial charge on any atom is -0.384 e. The molecule has 1 amide bonds. The van der Waals surface area contributed by atoms with Crippen molar-refractivity contribution in [3.05, 3.63) is 24.3 Å². The van der Waals surface area contributed by atoms with Crippen LogP contribution in [0.1, 0.15) is 27.7 Å². The summed E-state index contributed by atoms with van der Waals surface area (Å²) in [6.45, 7) is 7.39. The summed E-state index contributed by atoms with van der Waals surface area (Å²) < 4.78 is 26.5. The van der Waals surface area contributed by atoms with Crippen LogP contribution in [0.4, 0.5) is 5.69 Å². The number of carbonyl (C=O) groups excluding carboxylic acids is 1. The first-order valence-corrected chi connectivity index (χ1v) is 8.19. The van der Waals surface area contributed by atoms with E-state index in [0.717, 1.165) is 5.69 Å². The van der Waals surface area contributed by atoms with Gasteiger partial charge < -0.3 is 11.1 Å². The maximum atomic E-state index is 12.0. The minimum atomic E-state index is -3.48. The molecule has 1 aromatic carbocycles. The van der Waals surface area contributed by atoms with E-state index in [4.69, 9.17) is 5.73 Å². The maximum Gasteiger partial charge on any atom is 0.240 e. The second-order valence-corrected chi connectivity index (χ2v) is 7.62. The lowest BCUT2D eigenvalue weighted by atomic mass is 9.93. The molecule has 0 heterocycles. The van der Waals surface area contributed by atoms with Gasteiger partial charge in [-0.3, -0.25) is 4.79 Å². The monoisotopic (exact) mass is 313 g/mol. The number of nitrogens with two attached hydrogens (primary N) is 1. The molecule has 4 N–H and O–H groups in total. The highest BCUT2D eigenvalue weighted by molar-refractivity contribution is 7.89. The quantitative estimate of drug-likeness (QED) is 0.706. The van der Waals surface area contributed by atoms with Gasteiger partial charge in [0.2, 0.25) is 15.9 Å². The molecule has 118 valence electrons. The number of hydrogen-bond donors (Lipinski definition) is 3. The Balaban J connectivity index is 2.78. The number of anilines is 1. The predicted molar refractivity (Wildman–Crippen MR) is 83.4 cm³/mol. The summed E-state index contributed by atoms with van der Waals surface area (Å²) >= 11 is 0. The molecule has 0 saturated heterocycles. The molecule has 0 aliphatic rings. The Hall–Kier alpha value is -1.60. The SMILES string of the molecule is CC(C)NS(=O)(=O)c1ccc(NCC(C)(C)C(N)=O)cc1.